The second kappa shape index (κ2) is 12.1. The number of amides is 2. The molecule has 12 heteroatoms. The number of fused-ring (bicyclic) bond motifs is 3. The van der Waals surface area contributed by atoms with E-state index in [9.17, 15) is 28.4 Å². The topological polar surface area (TPSA) is 129 Å². The molecule has 0 aliphatic carbocycles. The zero-order chi connectivity index (χ0) is 30.8. The molecule has 1 saturated heterocycles. The van der Waals surface area contributed by atoms with Gasteiger partial charge in [-0.05, 0) is 31.0 Å². The number of pyridine rings is 1. The summed E-state index contributed by atoms with van der Waals surface area (Å²) in [6.07, 6.45) is 0.929. The Bertz CT molecular complexity index is 1800. The summed E-state index contributed by atoms with van der Waals surface area (Å²) in [7, 11) is 2.94. The van der Waals surface area contributed by atoms with E-state index in [1.54, 1.807) is 42.3 Å². The molecular formula is C31H31FN4O7. The first-order chi connectivity index (χ1) is 20.6. The summed E-state index contributed by atoms with van der Waals surface area (Å²) in [6, 6.07) is 12.2. The van der Waals surface area contributed by atoms with Gasteiger partial charge < -0.3 is 24.3 Å². The van der Waals surface area contributed by atoms with Crippen LogP contribution in [0, 0.1) is 5.82 Å². The largest absolute Gasteiger partial charge is 0.493 e. The van der Waals surface area contributed by atoms with Gasteiger partial charge in [-0.1, -0.05) is 30.3 Å². The third-order valence-corrected chi connectivity index (χ3v) is 7.71. The smallest absolute Gasteiger partial charge is 0.303 e. The van der Waals surface area contributed by atoms with Crippen molar-refractivity contribution in [2.75, 3.05) is 26.8 Å². The number of likely N-dealkylation sites (tertiary alicyclic amines) is 1. The summed E-state index contributed by atoms with van der Waals surface area (Å²) in [5.74, 6) is -2.19. The second-order valence-corrected chi connectivity index (χ2v) is 10.4. The number of aryl methyl sites for hydroxylation is 1. The number of hydrogen-bond acceptors (Lipinski definition) is 7. The first kappa shape index (κ1) is 29.5. The molecule has 0 radical (unpaired) electrons. The molecule has 1 aliphatic heterocycles. The molecule has 2 amide bonds. The van der Waals surface area contributed by atoms with E-state index in [2.05, 4.69) is 5.32 Å². The lowest BCUT2D eigenvalue weighted by Crippen LogP contribution is -2.47. The van der Waals surface area contributed by atoms with Gasteiger partial charge >= 0.3 is 5.97 Å². The highest BCUT2D eigenvalue weighted by atomic mass is 19.1. The fourth-order valence-corrected chi connectivity index (χ4v) is 5.60. The van der Waals surface area contributed by atoms with Crippen molar-refractivity contribution in [3.63, 3.8) is 0 Å². The predicted octanol–water partition coefficient (Wildman–Crippen LogP) is 2.81. The molecule has 0 unspecified atom stereocenters. The number of piperidine rings is 1. The first-order valence-electron chi connectivity index (χ1n) is 13.8. The van der Waals surface area contributed by atoms with E-state index < -0.39 is 23.3 Å². The van der Waals surface area contributed by atoms with Crippen molar-refractivity contribution in [1.82, 2.24) is 19.4 Å². The Morgan fingerprint density at radius 1 is 1.05 bits per heavy atom. The molecule has 0 atom stereocenters. The highest BCUT2D eigenvalue weighted by Gasteiger charge is 2.30. The van der Waals surface area contributed by atoms with Crippen LogP contribution in [0.4, 0.5) is 4.39 Å². The van der Waals surface area contributed by atoms with Crippen molar-refractivity contribution in [3.05, 3.63) is 76.0 Å². The van der Waals surface area contributed by atoms with Gasteiger partial charge in [-0.25, -0.2) is 4.39 Å². The van der Waals surface area contributed by atoms with Crippen LogP contribution in [0.3, 0.4) is 0 Å². The van der Waals surface area contributed by atoms with Crippen molar-refractivity contribution >= 4 is 45.4 Å². The number of benzene rings is 2. The fraction of sp³-hybridized carbons (Fsp3) is 0.323. The van der Waals surface area contributed by atoms with Gasteiger partial charge in [0.05, 0.1) is 24.7 Å². The second-order valence-electron chi connectivity index (χ2n) is 10.4. The number of nitrogens with one attached hydrogen (secondary N) is 1. The zero-order valence-corrected chi connectivity index (χ0v) is 24.0. The van der Waals surface area contributed by atoms with Gasteiger partial charge in [0.15, 0.2) is 23.8 Å². The molecule has 0 spiro atoms. The number of halogens is 1. The summed E-state index contributed by atoms with van der Waals surface area (Å²) in [5.41, 5.74) is 0.578. The first-order valence-corrected chi connectivity index (χ1v) is 13.8. The molecule has 11 nitrogen and oxygen atoms in total. The number of Topliss-reactive ketones (excluding diaryl/α,β-unsaturated/α-hetero) is 1. The Hall–Kier alpha value is -5.00. The molecule has 0 bridgehead atoms. The molecule has 5 rings (SSSR count). The maximum absolute atomic E-state index is 14.6. The number of ether oxygens (including phenoxy) is 2. The third-order valence-electron chi connectivity index (χ3n) is 7.71. The van der Waals surface area contributed by atoms with Crippen LogP contribution < -0.4 is 15.6 Å². The lowest BCUT2D eigenvalue weighted by molar-refractivity contribution is -0.150. The van der Waals surface area contributed by atoms with Crippen molar-refractivity contribution in [1.29, 1.82) is 0 Å². The molecule has 0 saturated carbocycles. The van der Waals surface area contributed by atoms with Gasteiger partial charge in [-0.2, -0.15) is 0 Å². The SMILES string of the molecule is COc1c(C(=O)NC2CCN(C(=O)COC(C)=O)CC2)n(C)c2c1c(=O)n(CC(=O)c1ccccc1)c1ccc(F)cc21. The number of carbonyl (C=O) groups excluding carboxylic acids is 4. The summed E-state index contributed by atoms with van der Waals surface area (Å²) >= 11 is 0. The minimum atomic E-state index is -0.551. The standard InChI is InChI=1S/C31H31FN4O7/c1-18(37)43-17-25(39)35-13-11-21(12-14-35)33-30(40)28-29(42-3)26-27(34(28)2)22-15-20(32)9-10-23(22)36(31(26)41)16-24(38)19-7-5-4-6-8-19/h4-10,15,21H,11-14,16-17H2,1-3H3,(H,33,40). The van der Waals surface area contributed by atoms with Crippen molar-refractivity contribution in [2.45, 2.75) is 32.4 Å². The number of hydrogen-bond donors (Lipinski definition) is 1. The summed E-state index contributed by atoms with van der Waals surface area (Å²) < 4.78 is 27.8. The van der Waals surface area contributed by atoms with Gasteiger partial charge in [-0.15, -0.1) is 0 Å². The lowest BCUT2D eigenvalue weighted by Gasteiger charge is -2.32. The summed E-state index contributed by atoms with van der Waals surface area (Å²) in [4.78, 5) is 65.6. The van der Waals surface area contributed by atoms with Crippen LogP contribution in [0.5, 0.6) is 5.75 Å². The minimum Gasteiger partial charge on any atom is -0.493 e. The van der Waals surface area contributed by atoms with Gasteiger partial charge in [0.25, 0.3) is 17.4 Å². The van der Waals surface area contributed by atoms with Gasteiger partial charge in [0.2, 0.25) is 0 Å². The average Bonchev–Trinajstić information content (AvgIpc) is 3.31. The predicted molar refractivity (Wildman–Crippen MR) is 156 cm³/mol. The molecular weight excluding hydrogens is 559 g/mol. The quantitative estimate of drug-likeness (QED) is 0.247. The number of nitrogens with zero attached hydrogens (tertiary/aromatic N) is 3. The molecule has 2 aromatic heterocycles. The Kier molecular flexibility index (Phi) is 8.29. The highest BCUT2D eigenvalue weighted by molar-refractivity contribution is 6.12. The number of esters is 1. The van der Waals surface area contributed by atoms with E-state index in [4.69, 9.17) is 9.47 Å². The van der Waals surface area contributed by atoms with Crippen molar-refractivity contribution < 1.29 is 33.0 Å². The fourth-order valence-electron chi connectivity index (χ4n) is 5.60. The van der Waals surface area contributed by atoms with Crippen molar-refractivity contribution in [2.24, 2.45) is 7.05 Å². The van der Waals surface area contributed by atoms with Crippen molar-refractivity contribution in [3.8, 4) is 5.75 Å². The summed E-state index contributed by atoms with van der Waals surface area (Å²) in [6.45, 7) is 1.33. The van der Waals surface area contributed by atoms with Gasteiger partial charge in [0, 0.05) is 44.1 Å². The van der Waals surface area contributed by atoms with Crippen LogP contribution in [-0.2, 0) is 27.9 Å². The monoisotopic (exact) mass is 590 g/mol. The van der Waals surface area contributed by atoms with E-state index >= 15 is 0 Å². The molecule has 2 aromatic carbocycles. The maximum atomic E-state index is 14.6. The number of aromatic nitrogens is 2. The van der Waals surface area contributed by atoms with Crippen LogP contribution in [0.2, 0.25) is 0 Å². The molecule has 4 aromatic rings. The third kappa shape index (κ3) is 5.72. The van der Waals surface area contributed by atoms with Crippen LogP contribution in [0.25, 0.3) is 21.8 Å². The molecule has 1 N–H and O–H groups in total. The van der Waals surface area contributed by atoms with E-state index in [0.717, 1.165) is 0 Å². The molecule has 1 fully saturated rings. The van der Waals surface area contributed by atoms with Gasteiger partial charge in [-0.3, -0.25) is 28.5 Å². The minimum absolute atomic E-state index is 0.0149. The number of carbonyl (C=O) groups is 4. The molecule has 224 valence electrons. The average molecular weight is 591 g/mol. The van der Waals surface area contributed by atoms with E-state index in [1.165, 1.54) is 41.4 Å². The van der Waals surface area contributed by atoms with E-state index in [1.807, 2.05) is 0 Å². The molecule has 3 heterocycles. The van der Waals surface area contributed by atoms with E-state index in [0.29, 0.717) is 47.9 Å². The summed E-state index contributed by atoms with van der Waals surface area (Å²) in [5, 5.41) is 3.37. The Labute approximate surface area is 245 Å². The lowest BCUT2D eigenvalue weighted by atomic mass is 10.0. The normalized spacial score (nSPS) is 13.7. The Balaban J connectivity index is 1.49. The number of ketones is 1. The molecule has 43 heavy (non-hydrogen) atoms. The Morgan fingerprint density at radius 3 is 2.40 bits per heavy atom. The van der Waals surface area contributed by atoms with Crippen LogP contribution >= 0.6 is 0 Å². The number of rotatable bonds is 8. The Morgan fingerprint density at radius 2 is 1.74 bits per heavy atom. The highest BCUT2D eigenvalue weighted by Crippen LogP contribution is 2.35. The van der Waals surface area contributed by atoms with Crippen LogP contribution in [0.1, 0.15) is 40.6 Å². The number of methoxy groups -OCH3 is 1. The van der Waals surface area contributed by atoms with E-state index in [-0.39, 0.29) is 47.7 Å². The molecule has 1 aliphatic rings. The van der Waals surface area contributed by atoms with Gasteiger partial charge in [0.1, 0.15) is 11.2 Å². The van der Waals surface area contributed by atoms with Crippen LogP contribution in [0.15, 0.2) is 53.3 Å². The zero-order valence-electron chi connectivity index (χ0n) is 24.0. The van der Waals surface area contributed by atoms with Crippen LogP contribution in [-0.4, -0.2) is 70.4 Å². The maximum Gasteiger partial charge on any atom is 0.303 e.